The predicted octanol–water partition coefficient (Wildman–Crippen LogP) is 2.35. The lowest BCUT2D eigenvalue weighted by Gasteiger charge is -2.33. The van der Waals surface area contributed by atoms with Gasteiger partial charge in [-0.3, -0.25) is 0 Å². The first-order valence-electron chi connectivity index (χ1n) is 7.86. The Morgan fingerprint density at radius 2 is 1.82 bits per heavy atom. The minimum Gasteiger partial charge on any atom is -0.328 e. The molecule has 1 atom stereocenters. The van der Waals surface area contributed by atoms with Crippen molar-refractivity contribution in [2.75, 3.05) is 13.1 Å². The second-order valence-electron chi connectivity index (χ2n) is 6.38. The van der Waals surface area contributed by atoms with Gasteiger partial charge in [0.1, 0.15) is 0 Å². The smallest absolute Gasteiger partial charge is 0.243 e. The molecule has 6 heteroatoms. The third-order valence-electron chi connectivity index (χ3n) is 4.95. The van der Waals surface area contributed by atoms with Crippen LogP contribution in [0, 0.1) is 5.92 Å². The molecule has 0 amide bonds. The Morgan fingerprint density at radius 3 is 2.45 bits per heavy atom. The van der Waals surface area contributed by atoms with Crippen molar-refractivity contribution in [2.24, 2.45) is 11.7 Å². The zero-order chi connectivity index (χ0) is 15.0. The summed E-state index contributed by atoms with van der Waals surface area (Å²) in [5.41, 5.74) is 8.45. The average Bonchev–Trinajstić information content (AvgIpc) is 2.94. The van der Waals surface area contributed by atoms with Crippen LogP contribution in [0.15, 0.2) is 23.1 Å². The Kier molecular flexibility index (Phi) is 5.54. The maximum atomic E-state index is 12.8. The topological polar surface area (TPSA) is 63.4 Å². The molecule has 1 aliphatic carbocycles. The Hall–Kier alpha value is -0.620. The first-order chi connectivity index (χ1) is 9.98. The first kappa shape index (κ1) is 17.7. The number of benzene rings is 1. The zero-order valence-electron chi connectivity index (χ0n) is 13.0. The van der Waals surface area contributed by atoms with E-state index in [4.69, 9.17) is 5.73 Å². The predicted molar refractivity (Wildman–Crippen MR) is 90.8 cm³/mol. The van der Waals surface area contributed by atoms with Crippen molar-refractivity contribution in [3.8, 4) is 0 Å². The SMILES string of the molecule is CC(N)C1CCN(S(=O)(=O)c2ccc3c(c2)CCC3)CC1.Cl. The van der Waals surface area contributed by atoms with Crippen LogP contribution in [0.3, 0.4) is 0 Å². The highest BCUT2D eigenvalue weighted by Gasteiger charge is 2.31. The van der Waals surface area contributed by atoms with Crippen LogP contribution in [0.2, 0.25) is 0 Å². The number of piperidine rings is 1. The van der Waals surface area contributed by atoms with Gasteiger partial charge in [0.05, 0.1) is 4.90 Å². The summed E-state index contributed by atoms with van der Waals surface area (Å²) >= 11 is 0. The lowest BCUT2D eigenvalue weighted by Crippen LogP contribution is -2.42. The molecule has 1 fully saturated rings. The summed E-state index contributed by atoms with van der Waals surface area (Å²) in [5, 5.41) is 0. The fourth-order valence-corrected chi connectivity index (χ4v) is 5.02. The molecule has 0 spiro atoms. The molecule has 1 saturated heterocycles. The van der Waals surface area contributed by atoms with Crippen LogP contribution in [0.1, 0.15) is 37.3 Å². The van der Waals surface area contributed by atoms with E-state index < -0.39 is 10.0 Å². The lowest BCUT2D eigenvalue weighted by atomic mass is 9.92. The van der Waals surface area contributed by atoms with Gasteiger partial charge >= 0.3 is 0 Å². The number of halogens is 1. The molecule has 2 aliphatic rings. The van der Waals surface area contributed by atoms with E-state index in [-0.39, 0.29) is 18.4 Å². The van der Waals surface area contributed by atoms with E-state index in [1.54, 1.807) is 10.4 Å². The molecule has 1 aromatic rings. The second kappa shape index (κ2) is 6.87. The van der Waals surface area contributed by atoms with Gasteiger partial charge < -0.3 is 5.73 Å². The summed E-state index contributed by atoms with van der Waals surface area (Å²) < 4.78 is 27.1. The van der Waals surface area contributed by atoms with E-state index >= 15 is 0 Å². The second-order valence-corrected chi connectivity index (χ2v) is 8.32. The van der Waals surface area contributed by atoms with Crippen LogP contribution < -0.4 is 5.73 Å². The maximum Gasteiger partial charge on any atom is 0.243 e. The molecule has 1 aliphatic heterocycles. The molecule has 0 bridgehead atoms. The van der Waals surface area contributed by atoms with Crippen LogP contribution in [0.25, 0.3) is 0 Å². The summed E-state index contributed by atoms with van der Waals surface area (Å²) in [6.45, 7) is 3.19. The summed E-state index contributed by atoms with van der Waals surface area (Å²) in [6.07, 6.45) is 4.95. The van der Waals surface area contributed by atoms with E-state index in [2.05, 4.69) is 0 Å². The monoisotopic (exact) mass is 344 g/mol. The van der Waals surface area contributed by atoms with E-state index in [1.807, 2.05) is 19.1 Å². The molecule has 2 N–H and O–H groups in total. The minimum atomic E-state index is -3.34. The number of hydrogen-bond acceptors (Lipinski definition) is 3. The van der Waals surface area contributed by atoms with E-state index in [0.29, 0.717) is 23.9 Å². The number of nitrogens with two attached hydrogens (primary N) is 1. The van der Waals surface area contributed by atoms with Crippen molar-refractivity contribution in [2.45, 2.75) is 50.0 Å². The van der Waals surface area contributed by atoms with Crippen LogP contribution >= 0.6 is 12.4 Å². The molecule has 4 nitrogen and oxygen atoms in total. The number of sulfonamides is 1. The van der Waals surface area contributed by atoms with Gasteiger partial charge in [-0.05, 0) is 68.2 Å². The van der Waals surface area contributed by atoms with E-state index in [1.165, 1.54) is 11.1 Å². The summed E-state index contributed by atoms with van der Waals surface area (Å²) in [7, 11) is -3.34. The van der Waals surface area contributed by atoms with Crippen LogP contribution in [-0.4, -0.2) is 31.9 Å². The highest BCUT2D eigenvalue weighted by Crippen LogP contribution is 2.29. The fraction of sp³-hybridized carbons (Fsp3) is 0.625. The van der Waals surface area contributed by atoms with Crippen molar-refractivity contribution >= 4 is 22.4 Å². The van der Waals surface area contributed by atoms with Gasteiger partial charge in [0.15, 0.2) is 0 Å². The standard InChI is InChI=1S/C16H24N2O2S.ClH/c1-12(17)13-7-9-18(10-8-13)21(19,20)16-6-5-14-3-2-4-15(14)11-16;/h5-6,11-13H,2-4,7-10,17H2,1H3;1H. The number of fused-ring (bicyclic) bond motifs is 1. The van der Waals surface area contributed by atoms with Crippen molar-refractivity contribution < 1.29 is 8.42 Å². The van der Waals surface area contributed by atoms with Gasteiger partial charge in [-0.1, -0.05) is 6.07 Å². The van der Waals surface area contributed by atoms with E-state index in [9.17, 15) is 8.42 Å². The molecule has 1 heterocycles. The molecule has 0 aromatic heterocycles. The molecular formula is C16H25ClN2O2S. The molecule has 22 heavy (non-hydrogen) atoms. The third kappa shape index (κ3) is 3.32. The van der Waals surface area contributed by atoms with Crippen molar-refractivity contribution in [3.63, 3.8) is 0 Å². The first-order valence-corrected chi connectivity index (χ1v) is 9.30. The largest absolute Gasteiger partial charge is 0.328 e. The van der Waals surface area contributed by atoms with Crippen LogP contribution in [0.4, 0.5) is 0 Å². The Morgan fingerprint density at radius 1 is 1.18 bits per heavy atom. The van der Waals surface area contributed by atoms with Crippen molar-refractivity contribution in [1.82, 2.24) is 4.31 Å². The molecule has 0 radical (unpaired) electrons. The summed E-state index contributed by atoms with van der Waals surface area (Å²) in [6, 6.07) is 5.80. The normalized spacial score (nSPS) is 21.2. The van der Waals surface area contributed by atoms with Gasteiger partial charge in [0, 0.05) is 19.1 Å². The number of aryl methyl sites for hydroxylation is 2. The molecule has 1 unspecified atom stereocenters. The van der Waals surface area contributed by atoms with Gasteiger partial charge in [-0.25, -0.2) is 8.42 Å². The Balaban J connectivity index is 0.00000176. The van der Waals surface area contributed by atoms with Gasteiger partial charge in [-0.15, -0.1) is 12.4 Å². The van der Waals surface area contributed by atoms with E-state index in [0.717, 1.165) is 32.1 Å². The minimum absolute atomic E-state index is 0. The fourth-order valence-electron chi connectivity index (χ4n) is 3.50. The molecule has 3 rings (SSSR count). The molecule has 124 valence electrons. The Labute approximate surface area is 139 Å². The van der Waals surface area contributed by atoms with Crippen LogP contribution in [0.5, 0.6) is 0 Å². The van der Waals surface area contributed by atoms with Crippen molar-refractivity contribution in [3.05, 3.63) is 29.3 Å². The maximum absolute atomic E-state index is 12.8. The quantitative estimate of drug-likeness (QED) is 0.915. The number of nitrogens with zero attached hydrogens (tertiary/aromatic N) is 1. The number of rotatable bonds is 3. The highest BCUT2D eigenvalue weighted by molar-refractivity contribution is 7.89. The van der Waals surface area contributed by atoms with Crippen molar-refractivity contribution in [1.29, 1.82) is 0 Å². The third-order valence-corrected chi connectivity index (χ3v) is 6.84. The zero-order valence-corrected chi connectivity index (χ0v) is 14.6. The van der Waals surface area contributed by atoms with Crippen LogP contribution in [-0.2, 0) is 22.9 Å². The highest BCUT2D eigenvalue weighted by atomic mass is 35.5. The van der Waals surface area contributed by atoms with Gasteiger partial charge in [0.25, 0.3) is 0 Å². The summed E-state index contributed by atoms with van der Waals surface area (Å²) in [5.74, 6) is 0.441. The number of hydrogen-bond donors (Lipinski definition) is 1. The average molecular weight is 345 g/mol. The Bertz CT molecular complexity index is 623. The lowest BCUT2D eigenvalue weighted by molar-refractivity contribution is 0.250. The molecular weight excluding hydrogens is 320 g/mol. The molecule has 0 saturated carbocycles. The molecule has 1 aromatic carbocycles. The van der Waals surface area contributed by atoms with Gasteiger partial charge in [0.2, 0.25) is 10.0 Å². The van der Waals surface area contributed by atoms with Gasteiger partial charge in [-0.2, -0.15) is 4.31 Å². The summed E-state index contributed by atoms with van der Waals surface area (Å²) in [4.78, 5) is 0.461.